The zero-order chi connectivity index (χ0) is 26.0. The number of ether oxygens (including phenoxy) is 2. The minimum absolute atomic E-state index is 0.128. The number of aromatic nitrogens is 3. The number of hydrogen-bond acceptors (Lipinski definition) is 7. The number of nitrogens with zero attached hydrogens (tertiary/aromatic N) is 4. The van der Waals surface area contributed by atoms with E-state index in [-0.39, 0.29) is 11.7 Å². The quantitative estimate of drug-likeness (QED) is 0.166. The third-order valence-electron chi connectivity index (χ3n) is 5.36. The molecule has 0 aliphatic rings. The monoisotopic (exact) mass is 515 g/mol. The molecule has 0 atom stereocenters. The third kappa shape index (κ3) is 6.98. The van der Waals surface area contributed by atoms with E-state index < -0.39 is 0 Å². The highest BCUT2D eigenvalue weighted by Crippen LogP contribution is 2.29. The molecule has 0 aliphatic heterocycles. The molecule has 0 fully saturated rings. The van der Waals surface area contributed by atoms with Gasteiger partial charge in [-0.2, -0.15) is 5.10 Å². The van der Waals surface area contributed by atoms with Crippen LogP contribution in [0, 0.1) is 6.92 Å². The number of carbonyl (C=O) groups excluding carboxylic acids is 1. The van der Waals surface area contributed by atoms with Crippen LogP contribution in [-0.2, 0) is 4.79 Å². The number of hydrazone groups is 1. The summed E-state index contributed by atoms with van der Waals surface area (Å²) in [6.07, 6.45) is 2.55. The Kier molecular flexibility index (Phi) is 8.93. The number of amides is 1. The summed E-state index contributed by atoms with van der Waals surface area (Å²) in [6.45, 7) is 4.78. The van der Waals surface area contributed by atoms with Crippen LogP contribution in [0.4, 0.5) is 0 Å². The molecule has 9 heteroatoms. The molecule has 1 N–H and O–H groups in total. The first kappa shape index (κ1) is 26.0. The van der Waals surface area contributed by atoms with Gasteiger partial charge < -0.3 is 9.47 Å². The Bertz CT molecular complexity index is 1330. The van der Waals surface area contributed by atoms with E-state index in [0.717, 1.165) is 40.3 Å². The van der Waals surface area contributed by atoms with Gasteiger partial charge in [-0.25, -0.2) is 5.43 Å². The van der Waals surface area contributed by atoms with E-state index in [2.05, 4.69) is 27.6 Å². The van der Waals surface area contributed by atoms with Crippen molar-refractivity contribution in [3.8, 4) is 28.6 Å². The lowest BCUT2D eigenvalue weighted by Crippen LogP contribution is -2.20. The summed E-state index contributed by atoms with van der Waals surface area (Å²) < 4.78 is 12.8. The Labute approximate surface area is 220 Å². The number of rotatable bonds is 11. The van der Waals surface area contributed by atoms with Crippen LogP contribution < -0.4 is 14.9 Å². The highest BCUT2D eigenvalue weighted by Gasteiger charge is 2.17. The van der Waals surface area contributed by atoms with Crippen LogP contribution in [0.2, 0.25) is 0 Å². The van der Waals surface area contributed by atoms with Crippen molar-refractivity contribution in [3.05, 3.63) is 83.9 Å². The van der Waals surface area contributed by atoms with Crippen LogP contribution >= 0.6 is 11.8 Å². The molecule has 0 saturated heterocycles. The highest BCUT2D eigenvalue weighted by atomic mass is 32.2. The first-order valence-corrected chi connectivity index (χ1v) is 12.9. The van der Waals surface area contributed by atoms with Crippen LogP contribution in [0.25, 0.3) is 17.1 Å². The van der Waals surface area contributed by atoms with E-state index in [1.165, 1.54) is 11.8 Å². The molecule has 4 aromatic rings. The lowest BCUT2D eigenvalue weighted by Gasteiger charge is -2.11. The molecule has 190 valence electrons. The van der Waals surface area contributed by atoms with Crippen molar-refractivity contribution in [2.45, 2.75) is 25.4 Å². The zero-order valence-electron chi connectivity index (χ0n) is 21.0. The molecule has 0 saturated carbocycles. The summed E-state index contributed by atoms with van der Waals surface area (Å²) in [6, 6.07) is 23.3. The average Bonchev–Trinajstić information content (AvgIpc) is 3.36. The molecule has 37 heavy (non-hydrogen) atoms. The molecule has 1 aromatic heterocycles. The molecular formula is C28H29N5O3S. The molecule has 1 amide bonds. The van der Waals surface area contributed by atoms with E-state index in [0.29, 0.717) is 17.6 Å². The molecule has 0 radical (unpaired) electrons. The second-order valence-electron chi connectivity index (χ2n) is 8.20. The maximum atomic E-state index is 12.5. The van der Waals surface area contributed by atoms with Gasteiger partial charge in [0.1, 0.15) is 11.5 Å². The van der Waals surface area contributed by atoms with Gasteiger partial charge in [0.25, 0.3) is 5.91 Å². The topological polar surface area (TPSA) is 90.6 Å². The van der Waals surface area contributed by atoms with Crippen molar-refractivity contribution in [3.63, 3.8) is 0 Å². The summed E-state index contributed by atoms with van der Waals surface area (Å²) in [5.74, 6) is 2.14. The Balaban J connectivity index is 1.44. The number of hydrogen-bond donors (Lipinski definition) is 1. The highest BCUT2D eigenvalue weighted by molar-refractivity contribution is 7.99. The minimum atomic E-state index is -0.245. The standard InChI is InChI=1S/C28H29N5O3S/c1-4-17-36-25-13-7-21(8-14-25)18-29-30-26(34)19-37-28-32-31-27(22-9-5-20(2)6-10-22)33(28)23-11-15-24(35-3)16-12-23/h5-16,18H,4,17,19H2,1-3H3,(H,30,34)/b29-18+. The predicted molar refractivity (Wildman–Crippen MR) is 147 cm³/mol. The third-order valence-corrected chi connectivity index (χ3v) is 6.29. The number of aryl methyl sites for hydroxylation is 1. The summed E-state index contributed by atoms with van der Waals surface area (Å²) in [4.78, 5) is 12.5. The molecule has 3 aromatic carbocycles. The average molecular weight is 516 g/mol. The SMILES string of the molecule is CCCOc1ccc(/C=N/NC(=O)CSc2nnc(-c3ccc(C)cc3)n2-c2ccc(OC)cc2)cc1. The van der Waals surface area contributed by atoms with Gasteiger partial charge in [0.2, 0.25) is 0 Å². The molecule has 0 aliphatic carbocycles. The molecule has 1 heterocycles. The number of thioether (sulfide) groups is 1. The van der Waals surface area contributed by atoms with Gasteiger partial charge >= 0.3 is 0 Å². The van der Waals surface area contributed by atoms with E-state index in [1.54, 1.807) is 13.3 Å². The normalized spacial score (nSPS) is 11.0. The van der Waals surface area contributed by atoms with Crippen molar-refractivity contribution in [2.75, 3.05) is 19.5 Å². The fraction of sp³-hybridized carbons (Fsp3) is 0.214. The van der Waals surface area contributed by atoms with Gasteiger partial charge in [0, 0.05) is 11.3 Å². The molecule has 0 unspecified atom stereocenters. The van der Waals surface area contributed by atoms with Crippen molar-refractivity contribution in [1.82, 2.24) is 20.2 Å². The van der Waals surface area contributed by atoms with Crippen molar-refractivity contribution >= 4 is 23.9 Å². The van der Waals surface area contributed by atoms with Crippen LogP contribution in [0.15, 0.2) is 83.1 Å². The molecular weight excluding hydrogens is 486 g/mol. The van der Waals surface area contributed by atoms with Gasteiger partial charge in [0.15, 0.2) is 11.0 Å². The van der Waals surface area contributed by atoms with Crippen molar-refractivity contribution in [2.24, 2.45) is 5.10 Å². The van der Waals surface area contributed by atoms with Crippen LogP contribution in [0.3, 0.4) is 0 Å². The maximum absolute atomic E-state index is 12.5. The Morgan fingerprint density at radius 3 is 2.38 bits per heavy atom. The summed E-state index contributed by atoms with van der Waals surface area (Å²) in [5.41, 5.74) is 6.39. The summed E-state index contributed by atoms with van der Waals surface area (Å²) in [7, 11) is 1.63. The molecule has 0 bridgehead atoms. The summed E-state index contributed by atoms with van der Waals surface area (Å²) in [5, 5.41) is 13.5. The van der Waals surface area contributed by atoms with Crippen molar-refractivity contribution in [1.29, 1.82) is 0 Å². The predicted octanol–water partition coefficient (Wildman–Crippen LogP) is 5.28. The maximum Gasteiger partial charge on any atom is 0.250 e. The minimum Gasteiger partial charge on any atom is -0.497 e. The van der Waals surface area contributed by atoms with Gasteiger partial charge in [-0.3, -0.25) is 9.36 Å². The van der Waals surface area contributed by atoms with Crippen LogP contribution in [0.5, 0.6) is 11.5 Å². The smallest absolute Gasteiger partial charge is 0.250 e. The van der Waals surface area contributed by atoms with Crippen LogP contribution in [-0.4, -0.2) is 46.4 Å². The zero-order valence-corrected chi connectivity index (χ0v) is 21.9. The lowest BCUT2D eigenvalue weighted by atomic mass is 10.1. The Morgan fingerprint density at radius 2 is 1.70 bits per heavy atom. The van der Waals surface area contributed by atoms with Gasteiger partial charge in [-0.1, -0.05) is 48.5 Å². The molecule has 8 nitrogen and oxygen atoms in total. The Morgan fingerprint density at radius 1 is 1.00 bits per heavy atom. The number of carbonyl (C=O) groups is 1. The molecule has 0 spiro atoms. The fourth-order valence-electron chi connectivity index (χ4n) is 3.43. The van der Waals surface area contributed by atoms with E-state index in [1.807, 2.05) is 84.3 Å². The van der Waals surface area contributed by atoms with E-state index in [4.69, 9.17) is 9.47 Å². The van der Waals surface area contributed by atoms with Crippen LogP contribution in [0.1, 0.15) is 24.5 Å². The fourth-order valence-corrected chi connectivity index (χ4v) is 4.17. The van der Waals surface area contributed by atoms with E-state index in [9.17, 15) is 4.79 Å². The Hall–Kier alpha value is -4.11. The lowest BCUT2D eigenvalue weighted by molar-refractivity contribution is -0.118. The first-order chi connectivity index (χ1) is 18.1. The second kappa shape index (κ2) is 12.7. The van der Waals surface area contributed by atoms with Crippen molar-refractivity contribution < 1.29 is 14.3 Å². The van der Waals surface area contributed by atoms with Gasteiger partial charge in [-0.05, 0) is 67.4 Å². The summed E-state index contributed by atoms with van der Waals surface area (Å²) >= 11 is 1.29. The number of benzene rings is 3. The first-order valence-electron chi connectivity index (χ1n) is 11.9. The van der Waals surface area contributed by atoms with Gasteiger partial charge in [0.05, 0.1) is 25.7 Å². The molecule has 4 rings (SSSR count). The largest absolute Gasteiger partial charge is 0.497 e. The number of methoxy groups -OCH3 is 1. The van der Waals surface area contributed by atoms with E-state index >= 15 is 0 Å². The number of nitrogens with one attached hydrogen (secondary N) is 1. The van der Waals surface area contributed by atoms with Gasteiger partial charge in [-0.15, -0.1) is 10.2 Å². The second-order valence-corrected chi connectivity index (χ2v) is 9.15.